The van der Waals surface area contributed by atoms with Crippen molar-refractivity contribution in [3.8, 4) is 0 Å². The van der Waals surface area contributed by atoms with E-state index < -0.39 is 0 Å². The number of benzene rings is 1. The van der Waals surface area contributed by atoms with Crippen LogP contribution in [0.5, 0.6) is 0 Å². The first kappa shape index (κ1) is 10.4. The maximum atomic E-state index is 9.07. The maximum Gasteiger partial charge on any atom is 0.0684 e. The molecular weight excluding hydrogens is 186 g/mol. The zero-order chi connectivity index (χ0) is 9.84. The van der Waals surface area contributed by atoms with Gasteiger partial charge in [0.2, 0.25) is 0 Å². The van der Waals surface area contributed by atoms with Gasteiger partial charge >= 0.3 is 0 Å². The number of aliphatic hydroxyl groups is 1. The Kier molecular flexibility index (Phi) is 3.58. The Morgan fingerprint density at radius 3 is 2.77 bits per heavy atom. The monoisotopic (exact) mass is 199 g/mol. The van der Waals surface area contributed by atoms with Crippen molar-refractivity contribution in [2.75, 3.05) is 11.9 Å². The quantitative estimate of drug-likeness (QED) is 0.784. The molecule has 0 saturated heterocycles. The van der Waals surface area contributed by atoms with Crippen molar-refractivity contribution in [2.45, 2.75) is 20.0 Å². The largest absolute Gasteiger partial charge is 0.392 e. The Balaban J connectivity index is 2.67. The molecule has 72 valence electrons. The van der Waals surface area contributed by atoms with Crippen molar-refractivity contribution in [2.24, 2.45) is 0 Å². The number of hydrogen-bond acceptors (Lipinski definition) is 2. The van der Waals surface area contributed by atoms with E-state index in [1.807, 2.05) is 25.1 Å². The Bertz CT molecular complexity index is 286. The molecule has 0 unspecified atom stereocenters. The fourth-order valence-corrected chi connectivity index (χ4v) is 1.31. The lowest BCUT2D eigenvalue weighted by Crippen LogP contribution is -2.15. The van der Waals surface area contributed by atoms with Crippen LogP contribution in [-0.4, -0.2) is 17.8 Å². The molecule has 13 heavy (non-hydrogen) atoms. The van der Waals surface area contributed by atoms with Crippen LogP contribution in [0.15, 0.2) is 18.2 Å². The summed E-state index contributed by atoms with van der Waals surface area (Å²) in [7, 11) is 0. The van der Waals surface area contributed by atoms with Crippen molar-refractivity contribution in [1.82, 2.24) is 0 Å². The Labute approximate surface area is 83.5 Å². The van der Waals surface area contributed by atoms with Crippen LogP contribution in [0.4, 0.5) is 5.69 Å². The molecule has 1 aromatic carbocycles. The van der Waals surface area contributed by atoms with Gasteiger partial charge in [0, 0.05) is 17.3 Å². The lowest BCUT2D eigenvalue weighted by molar-refractivity contribution is 0.208. The summed E-state index contributed by atoms with van der Waals surface area (Å²) in [6, 6.07) is 5.64. The molecule has 0 aliphatic rings. The minimum atomic E-state index is -0.338. The molecule has 1 aromatic rings. The van der Waals surface area contributed by atoms with Gasteiger partial charge in [-0.1, -0.05) is 11.6 Å². The van der Waals surface area contributed by atoms with Crippen LogP contribution in [-0.2, 0) is 0 Å². The minimum Gasteiger partial charge on any atom is -0.392 e. The summed E-state index contributed by atoms with van der Waals surface area (Å²) in [6.07, 6.45) is -0.338. The summed E-state index contributed by atoms with van der Waals surface area (Å²) >= 11 is 5.80. The highest BCUT2D eigenvalue weighted by molar-refractivity contribution is 6.30. The van der Waals surface area contributed by atoms with E-state index in [4.69, 9.17) is 16.7 Å². The molecule has 0 aliphatic carbocycles. The number of hydrogen-bond donors (Lipinski definition) is 2. The van der Waals surface area contributed by atoms with Crippen LogP contribution >= 0.6 is 11.6 Å². The Morgan fingerprint density at radius 2 is 2.23 bits per heavy atom. The summed E-state index contributed by atoms with van der Waals surface area (Å²) in [5.41, 5.74) is 2.11. The third-order valence-electron chi connectivity index (χ3n) is 1.78. The number of aryl methyl sites for hydroxylation is 1. The zero-order valence-electron chi connectivity index (χ0n) is 7.84. The molecule has 1 atom stereocenters. The average Bonchev–Trinajstić information content (AvgIpc) is 2.02. The van der Waals surface area contributed by atoms with Gasteiger partial charge in [-0.15, -0.1) is 0 Å². The summed E-state index contributed by atoms with van der Waals surface area (Å²) in [4.78, 5) is 0. The average molecular weight is 200 g/mol. The van der Waals surface area contributed by atoms with E-state index in [2.05, 4.69) is 5.32 Å². The van der Waals surface area contributed by atoms with E-state index in [1.165, 1.54) is 0 Å². The van der Waals surface area contributed by atoms with Crippen LogP contribution < -0.4 is 5.32 Å². The Hall–Kier alpha value is -0.730. The van der Waals surface area contributed by atoms with Gasteiger partial charge in [0.25, 0.3) is 0 Å². The first-order valence-corrected chi connectivity index (χ1v) is 4.65. The fraction of sp³-hybridized carbons (Fsp3) is 0.400. The van der Waals surface area contributed by atoms with Crippen molar-refractivity contribution >= 4 is 17.3 Å². The normalized spacial score (nSPS) is 12.6. The van der Waals surface area contributed by atoms with Gasteiger partial charge in [-0.05, 0) is 37.6 Å². The molecule has 1 rings (SSSR count). The molecule has 0 spiro atoms. The number of anilines is 1. The lowest BCUT2D eigenvalue weighted by atomic mass is 10.2. The molecule has 0 saturated carbocycles. The number of rotatable bonds is 3. The van der Waals surface area contributed by atoms with Crippen LogP contribution in [0.25, 0.3) is 0 Å². The summed E-state index contributed by atoms with van der Waals surface area (Å²) in [5, 5.41) is 12.9. The van der Waals surface area contributed by atoms with Crippen molar-refractivity contribution < 1.29 is 5.11 Å². The molecule has 2 nitrogen and oxygen atoms in total. The van der Waals surface area contributed by atoms with Crippen LogP contribution in [0, 0.1) is 6.92 Å². The van der Waals surface area contributed by atoms with Crippen molar-refractivity contribution in [1.29, 1.82) is 0 Å². The van der Waals surface area contributed by atoms with Gasteiger partial charge in [0.1, 0.15) is 0 Å². The lowest BCUT2D eigenvalue weighted by Gasteiger charge is -2.10. The van der Waals surface area contributed by atoms with E-state index in [0.29, 0.717) is 6.54 Å². The van der Waals surface area contributed by atoms with Crippen molar-refractivity contribution in [3.05, 3.63) is 28.8 Å². The van der Waals surface area contributed by atoms with E-state index in [1.54, 1.807) is 6.92 Å². The number of aliphatic hydroxyl groups excluding tert-OH is 1. The van der Waals surface area contributed by atoms with Gasteiger partial charge in [-0.2, -0.15) is 0 Å². The molecule has 3 heteroatoms. The number of nitrogens with one attached hydrogen (secondary N) is 1. The number of halogens is 1. The first-order valence-electron chi connectivity index (χ1n) is 4.27. The predicted octanol–water partition coefficient (Wildman–Crippen LogP) is 2.44. The van der Waals surface area contributed by atoms with Gasteiger partial charge in [0.15, 0.2) is 0 Å². The molecule has 2 N–H and O–H groups in total. The molecule has 0 radical (unpaired) electrons. The highest BCUT2D eigenvalue weighted by Gasteiger charge is 1.99. The highest BCUT2D eigenvalue weighted by atomic mass is 35.5. The van der Waals surface area contributed by atoms with Gasteiger partial charge < -0.3 is 10.4 Å². The SMILES string of the molecule is Cc1cc(Cl)ccc1NC[C@@H](C)O. The van der Waals surface area contributed by atoms with Gasteiger partial charge in [0.05, 0.1) is 6.10 Å². The van der Waals surface area contributed by atoms with E-state index in [0.717, 1.165) is 16.3 Å². The topological polar surface area (TPSA) is 32.3 Å². The summed E-state index contributed by atoms with van der Waals surface area (Å²) in [5.74, 6) is 0. The molecule has 0 amide bonds. The molecular formula is C10H14ClNO. The molecule has 0 fully saturated rings. The third kappa shape index (κ3) is 3.25. The molecule has 0 bridgehead atoms. The van der Waals surface area contributed by atoms with E-state index in [9.17, 15) is 0 Å². The van der Waals surface area contributed by atoms with Gasteiger partial charge in [-0.25, -0.2) is 0 Å². The summed E-state index contributed by atoms with van der Waals surface area (Å²) in [6.45, 7) is 4.29. The van der Waals surface area contributed by atoms with Gasteiger partial charge in [-0.3, -0.25) is 0 Å². The fourth-order valence-electron chi connectivity index (χ4n) is 1.08. The predicted molar refractivity (Wildman–Crippen MR) is 56.4 cm³/mol. The zero-order valence-corrected chi connectivity index (χ0v) is 8.60. The minimum absolute atomic E-state index is 0.338. The highest BCUT2D eigenvalue weighted by Crippen LogP contribution is 2.19. The van der Waals surface area contributed by atoms with Crippen molar-refractivity contribution in [3.63, 3.8) is 0 Å². The van der Waals surface area contributed by atoms with Crippen LogP contribution in [0.3, 0.4) is 0 Å². The van der Waals surface area contributed by atoms with Crippen LogP contribution in [0.1, 0.15) is 12.5 Å². The Morgan fingerprint density at radius 1 is 1.54 bits per heavy atom. The second kappa shape index (κ2) is 4.49. The molecule has 0 aromatic heterocycles. The third-order valence-corrected chi connectivity index (χ3v) is 2.01. The summed E-state index contributed by atoms with van der Waals surface area (Å²) < 4.78 is 0. The second-order valence-electron chi connectivity index (χ2n) is 3.19. The van der Waals surface area contributed by atoms with E-state index >= 15 is 0 Å². The molecule has 0 aliphatic heterocycles. The van der Waals surface area contributed by atoms with Crippen LogP contribution in [0.2, 0.25) is 5.02 Å². The first-order chi connectivity index (χ1) is 6.09. The smallest absolute Gasteiger partial charge is 0.0684 e. The second-order valence-corrected chi connectivity index (χ2v) is 3.63. The maximum absolute atomic E-state index is 9.07. The standard InChI is InChI=1S/C10H14ClNO/c1-7-5-9(11)3-4-10(7)12-6-8(2)13/h3-5,8,12-13H,6H2,1-2H3/t8-/m1/s1. The van der Waals surface area contributed by atoms with E-state index in [-0.39, 0.29) is 6.10 Å². The molecule has 0 heterocycles.